The van der Waals surface area contributed by atoms with E-state index in [1.54, 1.807) is 0 Å². The summed E-state index contributed by atoms with van der Waals surface area (Å²) in [7, 11) is 0.783. The Morgan fingerprint density at radius 1 is 2.00 bits per heavy atom. The summed E-state index contributed by atoms with van der Waals surface area (Å²) < 4.78 is 7.28. The zero-order valence-corrected chi connectivity index (χ0v) is 8.54. The predicted octanol–water partition coefficient (Wildman–Crippen LogP) is 0.318. The lowest BCUT2D eigenvalue weighted by molar-refractivity contribution is 1.52. The van der Waals surface area contributed by atoms with Gasteiger partial charge >= 0.3 is 0 Å². The van der Waals surface area contributed by atoms with Crippen molar-refractivity contribution in [2.75, 3.05) is 10.8 Å². The van der Waals surface area contributed by atoms with Gasteiger partial charge in [0.2, 0.25) is 0 Å². The molecule has 0 spiro atoms. The van der Waals surface area contributed by atoms with E-state index in [4.69, 9.17) is 12.3 Å². The molecule has 0 fully saturated rings. The molecule has 0 aliphatic carbocycles. The summed E-state index contributed by atoms with van der Waals surface area (Å²) in [5.41, 5.74) is 0. The smallest absolute Gasteiger partial charge is 0.109 e. The van der Waals surface area contributed by atoms with Crippen LogP contribution in [0.1, 0.15) is 6.92 Å². The Balaban J connectivity index is 3.74. The van der Waals surface area contributed by atoms with Crippen LogP contribution in [-0.4, -0.2) is 12.0 Å². The topological polar surface area (TPSA) is 0 Å². The summed E-state index contributed by atoms with van der Waals surface area (Å²) in [5.74, 6) is 1.01. The number of hydrogen-bond acceptors (Lipinski definition) is 2. The maximum Gasteiger partial charge on any atom is 0.109 e. The quantitative estimate of drug-likeness (QED) is 0.661. The minimum Gasteiger partial charge on any atom is -0.125 e. The van der Waals surface area contributed by atoms with Crippen molar-refractivity contribution in [2.45, 2.75) is 6.92 Å². The van der Waals surface area contributed by atoms with Crippen molar-refractivity contribution in [3.63, 3.8) is 0 Å². The van der Waals surface area contributed by atoms with E-state index >= 15 is 0 Å². The largest absolute Gasteiger partial charge is 0.125 e. The molecule has 2 atom stereocenters. The van der Waals surface area contributed by atoms with E-state index in [1.165, 1.54) is 8.88 Å². The molecule has 0 amide bonds. The molecular weight excluding hydrogens is 196 g/mol. The van der Waals surface area contributed by atoms with Crippen LogP contribution in [0.3, 0.4) is 0 Å². The van der Waals surface area contributed by atoms with Crippen molar-refractivity contribution >= 4 is 50.9 Å². The summed E-state index contributed by atoms with van der Waals surface area (Å²) >= 11 is 9.68. The van der Waals surface area contributed by atoms with Gasteiger partial charge in [-0.05, 0) is 25.8 Å². The van der Waals surface area contributed by atoms with Gasteiger partial charge in [-0.3, -0.25) is 0 Å². The molecular formula is C3H8S5. The van der Waals surface area contributed by atoms with Gasteiger partial charge in [0.1, 0.15) is 1.12 Å². The Morgan fingerprint density at radius 3 is 3.00 bits per heavy atom. The molecule has 0 saturated carbocycles. The zero-order chi connectivity index (χ0) is 7.28. The lowest BCUT2D eigenvalue weighted by Crippen LogP contribution is -1.94. The molecule has 0 radical (unpaired) electrons. The van der Waals surface area contributed by atoms with Crippen LogP contribution >= 0.6 is 0 Å². The molecule has 0 aromatic carbocycles. The van der Waals surface area contributed by atoms with Crippen molar-refractivity contribution in [1.82, 2.24) is 0 Å². The van der Waals surface area contributed by atoms with Crippen molar-refractivity contribution in [3.05, 3.63) is 0 Å². The highest BCUT2D eigenvalue weighted by atomic mass is 33.1. The van der Waals surface area contributed by atoms with Gasteiger partial charge in [0.05, 0.1) is 0 Å². The molecule has 0 aliphatic rings. The number of hydrogen-bond donors (Lipinski definition) is 1. The van der Waals surface area contributed by atoms with E-state index in [-0.39, 0.29) is 9.45 Å². The van der Waals surface area contributed by atoms with Crippen LogP contribution in [0.25, 0.3) is 0 Å². The average Bonchev–Trinajstić information content (AvgIpc) is 1.87. The molecule has 0 heterocycles. The lowest BCUT2D eigenvalue weighted by atomic mass is 11.0. The SMILES string of the molecule is [3H]S(CS(=S)CC)=S=S. The van der Waals surface area contributed by atoms with E-state index in [0.29, 0.717) is 0 Å². The fraction of sp³-hybridized carbons (Fsp3) is 1.00. The van der Waals surface area contributed by atoms with Crippen molar-refractivity contribution in [1.29, 1.82) is 1.12 Å². The van der Waals surface area contributed by atoms with Gasteiger partial charge in [-0.25, -0.2) is 0 Å². The molecule has 5 heteroatoms. The molecule has 0 nitrogen and oxygen atoms in total. The normalized spacial score (nSPS) is 18.9. The van der Waals surface area contributed by atoms with E-state index in [1.807, 2.05) is 0 Å². The lowest BCUT2D eigenvalue weighted by Gasteiger charge is -1.90. The summed E-state index contributed by atoms with van der Waals surface area (Å²) in [4.78, 5) is 0. The van der Waals surface area contributed by atoms with Crippen molar-refractivity contribution in [3.8, 4) is 0 Å². The standard InChI is InChI=1S/C3H8S5/c1-2-8(5)3-6-7-4/h6H,2-3H2,1H3/i6T. The maximum absolute atomic E-state index is 7.28. The fourth-order valence-corrected chi connectivity index (χ4v) is 4.85. The second-order valence-corrected chi connectivity index (χ2v) is 7.56. The van der Waals surface area contributed by atoms with Gasteiger partial charge < -0.3 is 0 Å². The number of rotatable bonds is 3. The maximum atomic E-state index is 7.28. The third-order valence-electron chi connectivity index (χ3n) is 0.550. The van der Waals surface area contributed by atoms with Crippen LogP contribution in [0.5, 0.6) is 0 Å². The first-order chi connectivity index (χ1) is 4.20. The van der Waals surface area contributed by atoms with Gasteiger partial charge in [0, 0.05) is 5.08 Å². The third kappa shape index (κ3) is 5.50. The molecule has 0 rings (SSSR count). The summed E-state index contributed by atoms with van der Waals surface area (Å²) in [6.07, 6.45) is 0. The average molecular weight is 206 g/mol. The molecule has 0 aromatic rings. The molecule has 0 bridgehead atoms. The molecule has 50 valence electrons. The Labute approximate surface area is 69.6 Å². The van der Waals surface area contributed by atoms with Gasteiger partial charge in [0.15, 0.2) is 0 Å². The minimum absolute atomic E-state index is 0.0137. The van der Waals surface area contributed by atoms with E-state index in [9.17, 15) is 0 Å². The third-order valence-corrected chi connectivity index (χ3v) is 6.32. The van der Waals surface area contributed by atoms with Crippen molar-refractivity contribution in [2.24, 2.45) is 0 Å². The zero-order valence-electron chi connectivity index (χ0n) is 5.46. The Hall–Kier alpha value is 1.36. The molecule has 0 N–H and O–H groups in total. The van der Waals surface area contributed by atoms with Crippen LogP contribution in [0.4, 0.5) is 0 Å². The molecule has 8 heavy (non-hydrogen) atoms. The van der Waals surface area contributed by atoms with Gasteiger partial charge in [-0.2, -0.15) is 0 Å². The predicted molar refractivity (Wildman–Crippen MR) is 53.6 cm³/mol. The molecule has 2 unspecified atom stereocenters. The number of thiol groups is 1. The highest BCUT2D eigenvalue weighted by Crippen LogP contribution is 1.78. The summed E-state index contributed by atoms with van der Waals surface area (Å²) in [6, 6.07) is 0. The van der Waals surface area contributed by atoms with Crippen LogP contribution in [0, 0.1) is 0 Å². The van der Waals surface area contributed by atoms with Crippen LogP contribution < -0.4 is 0 Å². The van der Waals surface area contributed by atoms with E-state index < -0.39 is 10.2 Å². The van der Waals surface area contributed by atoms with E-state index in [0.717, 1.165) is 10.8 Å². The molecule has 0 aliphatic heterocycles. The highest BCUT2D eigenvalue weighted by molar-refractivity contribution is 8.45. The fourth-order valence-electron chi connectivity index (χ4n) is 0.157. The highest BCUT2D eigenvalue weighted by Gasteiger charge is 1.81. The minimum atomic E-state index is -0.417. The molecule has 0 saturated heterocycles. The Kier molecular flexibility index (Phi) is 6.05. The molecule has 0 aromatic heterocycles. The Bertz CT molecular complexity index is 158. The van der Waals surface area contributed by atoms with E-state index in [2.05, 4.69) is 18.1 Å². The Morgan fingerprint density at radius 2 is 2.62 bits per heavy atom. The summed E-state index contributed by atoms with van der Waals surface area (Å²) in [5, 5.41) is 0.806. The van der Waals surface area contributed by atoms with Crippen LogP contribution in [-0.2, 0) is 50.9 Å². The van der Waals surface area contributed by atoms with Crippen LogP contribution in [0.2, 0.25) is 0 Å². The second kappa shape index (κ2) is 6.48. The van der Waals surface area contributed by atoms with Gasteiger partial charge in [0.25, 0.3) is 0 Å². The first-order valence-corrected chi connectivity index (χ1v) is 7.81. The van der Waals surface area contributed by atoms with Crippen molar-refractivity contribution < 1.29 is 0 Å². The first-order valence-electron chi connectivity index (χ1n) is 2.48. The first kappa shape index (κ1) is 7.47. The van der Waals surface area contributed by atoms with Gasteiger partial charge in [-0.1, -0.05) is 18.1 Å². The van der Waals surface area contributed by atoms with Gasteiger partial charge in [-0.15, -0.1) is 19.7 Å². The second-order valence-electron chi connectivity index (χ2n) is 1.03. The van der Waals surface area contributed by atoms with Crippen LogP contribution in [0.15, 0.2) is 0 Å². The summed E-state index contributed by atoms with van der Waals surface area (Å²) in [6.45, 7) is 2.06. The monoisotopic (exact) mass is 206 g/mol.